The molecule has 1 aromatic rings. The molecule has 1 aliphatic heterocycles. The van der Waals surface area contributed by atoms with Crippen molar-refractivity contribution in [3.8, 4) is 11.5 Å². The highest BCUT2D eigenvalue weighted by atomic mass is 16.5. The molecule has 138 valence electrons. The fraction of sp³-hybridized carbons (Fsp3) is 0.556. The molecule has 7 heteroatoms. The predicted molar refractivity (Wildman–Crippen MR) is 94.0 cm³/mol. The van der Waals surface area contributed by atoms with Gasteiger partial charge < -0.3 is 19.5 Å². The highest BCUT2D eigenvalue weighted by Crippen LogP contribution is 2.29. The quantitative estimate of drug-likeness (QED) is 0.757. The minimum atomic E-state index is -0.176. The summed E-state index contributed by atoms with van der Waals surface area (Å²) < 4.78 is 15.5. The number of likely N-dealkylation sites (tertiary alicyclic amines) is 1. The molecule has 0 radical (unpaired) electrons. The first-order valence-corrected chi connectivity index (χ1v) is 8.48. The Morgan fingerprint density at radius 3 is 2.76 bits per heavy atom. The van der Waals surface area contributed by atoms with Crippen LogP contribution in [0.5, 0.6) is 11.5 Å². The number of esters is 1. The Morgan fingerprint density at radius 1 is 1.28 bits per heavy atom. The van der Waals surface area contributed by atoms with Gasteiger partial charge in [-0.1, -0.05) is 0 Å². The lowest BCUT2D eigenvalue weighted by molar-refractivity contribution is -0.150. The van der Waals surface area contributed by atoms with Crippen molar-refractivity contribution < 1.29 is 23.8 Å². The van der Waals surface area contributed by atoms with Crippen LogP contribution in [0.15, 0.2) is 18.2 Å². The highest BCUT2D eigenvalue weighted by molar-refractivity contribution is 5.93. The fourth-order valence-electron chi connectivity index (χ4n) is 2.95. The Hall–Kier alpha value is -2.28. The molecule has 1 saturated heterocycles. The number of carbonyl (C=O) groups excluding carboxylic acids is 2. The second kappa shape index (κ2) is 9.27. The standard InChI is InChI=1S/C18H26N2O5/c1-4-25-18(22)13-6-5-9-20(11-13)12-17(21)19-15-8-7-14(23-2)10-16(15)24-3/h7-8,10,13H,4-6,9,11-12H2,1-3H3,(H,19,21)/t13-/m1/s1. The topological polar surface area (TPSA) is 77.1 Å². The number of ether oxygens (including phenoxy) is 3. The molecule has 1 amide bonds. The van der Waals surface area contributed by atoms with Crippen molar-refractivity contribution in [3.05, 3.63) is 18.2 Å². The van der Waals surface area contributed by atoms with Crippen molar-refractivity contribution in [2.75, 3.05) is 45.8 Å². The van der Waals surface area contributed by atoms with Crippen LogP contribution in [0.3, 0.4) is 0 Å². The van der Waals surface area contributed by atoms with E-state index in [1.165, 1.54) is 0 Å². The smallest absolute Gasteiger partial charge is 0.310 e. The van der Waals surface area contributed by atoms with Gasteiger partial charge in [-0.25, -0.2) is 0 Å². The highest BCUT2D eigenvalue weighted by Gasteiger charge is 2.27. The van der Waals surface area contributed by atoms with Crippen LogP contribution in [0.4, 0.5) is 5.69 Å². The Balaban J connectivity index is 1.92. The normalized spacial score (nSPS) is 17.6. The first-order valence-electron chi connectivity index (χ1n) is 8.48. The van der Waals surface area contributed by atoms with Crippen LogP contribution in [0.2, 0.25) is 0 Å². The largest absolute Gasteiger partial charge is 0.497 e. The van der Waals surface area contributed by atoms with E-state index in [1.54, 1.807) is 39.3 Å². The van der Waals surface area contributed by atoms with Crippen LogP contribution in [0, 0.1) is 5.92 Å². The minimum Gasteiger partial charge on any atom is -0.497 e. The Bertz CT molecular complexity index is 605. The molecule has 2 rings (SSSR count). The van der Waals surface area contributed by atoms with Gasteiger partial charge in [0, 0.05) is 12.6 Å². The van der Waals surface area contributed by atoms with Crippen LogP contribution >= 0.6 is 0 Å². The van der Waals surface area contributed by atoms with E-state index in [2.05, 4.69) is 5.32 Å². The number of piperidine rings is 1. The van der Waals surface area contributed by atoms with E-state index in [4.69, 9.17) is 14.2 Å². The van der Waals surface area contributed by atoms with Crippen LogP contribution in [-0.4, -0.2) is 57.2 Å². The Morgan fingerprint density at radius 2 is 2.08 bits per heavy atom. The second-order valence-corrected chi connectivity index (χ2v) is 5.94. The van der Waals surface area contributed by atoms with Crippen LogP contribution in [-0.2, 0) is 14.3 Å². The van der Waals surface area contributed by atoms with Crippen molar-refractivity contribution >= 4 is 17.6 Å². The summed E-state index contributed by atoms with van der Waals surface area (Å²) in [4.78, 5) is 26.2. The number of methoxy groups -OCH3 is 2. The van der Waals surface area contributed by atoms with E-state index in [9.17, 15) is 9.59 Å². The third-order valence-corrected chi connectivity index (χ3v) is 4.18. The zero-order valence-electron chi connectivity index (χ0n) is 15.0. The van der Waals surface area contributed by atoms with E-state index in [-0.39, 0.29) is 24.3 Å². The van der Waals surface area contributed by atoms with Crippen LogP contribution in [0.1, 0.15) is 19.8 Å². The molecule has 1 aromatic carbocycles. The molecule has 0 saturated carbocycles. The van der Waals surface area contributed by atoms with Gasteiger partial charge in [-0.2, -0.15) is 0 Å². The zero-order valence-corrected chi connectivity index (χ0v) is 15.0. The lowest BCUT2D eigenvalue weighted by atomic mass is 9.98. The van der Waals surface area contributed by atoms with Crippen molar-refractivity contribution in [3.63, 3.8) is 0 Å². The number of nitrogens with one attached hydrogen (secondary N) is 1. The van der Waals surface area contributed by atoms with Gasteiger partial charge in [0.15, 0.2) is 0 Å². The predicted octanol–water partition coefficient (Wildman–Crippen LogP) is 1.92. The van der Waals surface area contributed by atoms with Crippen molar-refractivity contribution in [2.45, 2.75) is 19.8 Å². The maximum Gasteiger partial charge on any atom is 0.310 e. The van der Waals surface area contributed by atoms with E-state index in [0.717, 1.165) is 19.4 Å². The minimum absolute atomic E-state index is 0.145. The summed E-state index contributed by atoms with van der Waals surface area (Å²) in [6.45, 7) is 3.75. The van der Waals surface area contributed by atoms with Gasteiger partial charge in [-0.15, -0.1) is 0 Å². The van der Waals surface area contributed by atoms with E-state index in [0.29, 0.717) is 30.3 Å². The third-order valence-electron chi connectivity index (χ3n) is 4.18. The average Bonchev–Trinajstić information content (AvgIpc) is 2.62. The lowest BCUT2D eigenvalue weighted by Crippen LogP contribution is -2.43. The molecule has 0 unspecified atom stereocenters. The summed E-state index contributed by atoms with van der Waals surface area (Å²) in [6, 6.07) is 5.22. The first-order chi connectivity index (χ1) is 12.1. The number of amides is 1. The second-order valence-electron chi connectivity index (χ2n) is 5.94. The van der Waals surface area contributed by atoms with Gasteiger partial charge >= 0.3 is 5.97 Å². The summed E-state index contributed by atoms with van der Waals surface area (Å²) in [5.74, 6) is 0.716. The average molecular weight is 350 g/mol. The summed E-state index contributed by atoms with van der Waals surface area (Å²) in [5, 5.41) is 2.85. The van der Waals surface area contributed by atoms with Crippen molar-refractivity contribution in [1.29, 1.82) is 0 Å². The molecule has 0 spiro atoms. The SMILES string of the molecule is CCOC(=O)[C@@H]1CCCN(CC(=O)Nc2ccc(OC)cc2OC)C1. The molecule has 1 atom stereocenters. The van der Waals surface area contributed by atoms with Gasteiger partial charge in [-0.3, -0.25) is 14.5 Å². The number of anilines is 1. The lowest BCUT2D eigenvalue weighted by Gasteiger charge is -2.30. The number of hydrogen-bond acceptors (Lipinski definition) is 6. The molecular formula is C18H26N2O5. The Kier molecular flexibility index (Phi) is 7.06. The molecule has 1 fully saturated rings. The molecular weight excluding hydrogens is 324 g/mol. The number of rotatable bonds is 7. The molecule has 0 bridgehead atoms. The molecule has 25 heavy (non-hydrogen) atoms. The number of hydrogen-bond donors (Lipinski definition) is 1. The van der Waals surface area contributed by atoms with Crippen molar-refractivity contribution in [1.82, 2.24) is 4.90 Å². The zero-order chi connectivity index (χ0) is 18.2. The molecule has 0 aromatic heterocycles. The van der Waals surface area contributed by atoms with Gasteiger partial charge in [-0.05, 0) is 38.4 Å². The molecule has 0 aliphatic carbocycles. The maximum atomic E-state index is 12.3. The summed E-state index contributed by atoms with van der Waals surface area (Å²) >= 11 is 0. The molecule has 7 nitrogen and oxygen atoms in total. The summed E-state index contributed by atoms with van der Waals surface area (Å²) in [5.41, 5.74) is 0.590. The van der Waals surface area contributed by atoms with E-state index < -0.39 is 0 Å². The van der Waals surface area contributed by atoms with Gasteiger partial charge in [0.05, 0.1) is 39.0 Å². The number of benzene rings is 1. The van der Waals surface area contributed by atoms with Crippen LogP contribution in [0.25, 0.3) is 0 Å². The van der Waals surface area contributed by atoms with E-state index in [1.807, 2.05) is 4.90 Å². The number of nitrogens with zero attached hydrogens (tertiary/aromatic N) is 1. The molecule has 1 N–H and O–H groups in total. The van der Waals surface area contributed by atoms with Gasteiger partial charge in [0.1, 0.15) is 11.5 Å². The first kappa shape index (κ1) is 19.1. The maximum absolute atomic E-state index is 12.3. The molecule has 1 heterocycles. The third kappa shape index (κ3) is 5.35. The Labute approximate surface area is 148 Å². The fourth-order valence-corrected chi connectivity index (χ4v) is 2.95. The monoisotopic (exact) mass is 350 g/mol. The van der Waals surface area contributed by atoms with Crippen LogP contribution < -0.4 is 14.8 Å². The van der Waals surface area contributed by atoms with Crippen molar-refractivity contribution in [2.24, 2.45) is 5.92 Å². The number of carbonyl (C=O) groups is 2. The summed E-state index contributed by atoms with van der Waals surface area (Å²) in [7, 11) is 3.11. The molecule has 1 aliphatic rings. The van der Waals surface area contributed by atoms with Gasteiger partial charge in [0.2, 0.25) is 5.91 Å². The summed E-state index contributed by atoms with van der Waals surface area (Å²) in [6.07, 6.45) is 1.69. The van der Waals surface area contributed by atoms with Gasteiger partial charge in [0.25, 0.3) is 0 Å². The van der Waals surface area contributed by atoms with E-state index >= 15 is 0 Å².